The minimum atomic E-state index is -0.735. The Morgan fingerprint density at radius 2 is 2.04 bits per heavy atom. The molecule has 138 valence electrons. The third kappa shape index (κ3) is 3.96. The minimum Gasteiger partial charge on any atom is -0.600 e. The molecule has 0 amide bonds. The Bertz CT molecular complexity index is 464. The highest BCUT2D eigenvalue weighted by molar-refractivity contribution is 14.1. The first-order valence-corrected chi connectivity index (χ1v) is 10.6. The summed E-state index contributed by atoms with van der Waals surface area (Å²) in [6.45, 7) is 7.41. The van der Waals surface area contributed by atoms with Crippen LogP contribution < -0.4 is 10.1 Å². The quantitative estimate of drug-likeness (QED) is 0.310. The molecule has 2 saturated heterocycles. The second-order valence-electron chi connectivity index (χ2n) is 8.24. The molecule has 24 heavy (non-hydrogen) atoms. The molecule has 0 aromatic heterocycles. The van der Waals surface area contributed by atoms with E-state index in [0.717, 1.165) is 31.8 Å². The number of fused-ring (bicyclic) bond motifs is 1. The predicted octanol–water partition coefficient (Wildman–Crippen LogP) is -0.355. The van der Waals surface area contributed by atoms with Gasteiger partial charge in [0.05, 0.1) is 16.5 Å². The molecule has 1 aliphatic carbocycles. The minimum absolute atomic E-state index is 0.0478. The molecule has 1 saturated carbocycles. The number of rotatable bonds is 4. The first-order chi connectivity index (χ1) is 11.4. The van der Waals surface area contributed by atoms with Gasteiger partial charge in [-0.05, 0) is 32.1 Å². The number of nitrogens with zero attached hydrogens (tertiary/aromatic N) is 1. The Kier molecular flexibility index (Phi) is 6.20. The number of hydroxylamine groups is 2. The fraction of sp³-hybridized carbons (Fsp3) is 0.941. The molecule has 8 atom stereocenters. The van der Waals surface area contributed by atoms with E-state index in [1.807, 2.05) is 0 Å². The van der Waals surface area contributed by atoms with Crippen molar-refractivity contribution in [1.82, 2.24) is 4.90 Å². The molecular formula is C17H31IN3O3+. The molecule has 3 fully saturated rings. The molecule has 0 radical (unpaired) electrons. The van der Waals surface area contributed by atoms with Crippen LogP contribution in [0.2, 0.25) is 0 Å². The number of piperidine rings is 1. The van der Waals surface area contributed by atoms with E-state index in [1.165, 1.54) is 17.7 Å². The van der Waals surface area contributed by atoms with Crippen molar-refractivity contribution in [3.63, 3.8) is 0 Å². The van der Waals surface area contributed by atoms with Gasteiger partial charge in [0.25, 0.3) is 0 Å². The molecule has 7 heteroatoms. The first-order valence-electron chi connectivity index (χ1n) is 9.36. The van der Waals surface area contributed by atoms with E-state index in [4.69, 9.17) is 0 Å². The molecule has 3 rings (SSSR count). The van der Waals surface area contributed by atoms with Crippen LogP contribution in [-0.4, -0.2) is 57.7 Å². The van der Waals surface area contributed by atoms with Gasteiger partial charge in [-0.3, -0.25) is 4.79 Å². The van der Waals surface area contributed by atoms with Crippen LogP contribution in [0.25, 0.3) is 0 Å². The van der Waals surface area contributed by atoms with Gasteiger partial charge in [0.2, 0.25) is 0 Å². The Labute approximate surface area is 158 Å². The number of hydrogen-bond acceptors (Lipinski definition) is 4. The third-order valence-electron chi connectivity index (χ3n) is 6.41. The molecule has 0 aromatic carbocycles. The van der Waals surface area contributed by atoms with Crippen LogP contribution in [0.4, 0.5) is 0 Å². The standard InChI is InChI=1S/C17H30IN3O3/c1-11-3-6-17-19(8-11)9-12(2)20(17)10-16(22)13-4-5-14(18)15(7-13)21(23)24/h11-15,17,21,23H,3-10H2,1-2H3/p+1. The summed E-state index contributed by atoms with van der Waals surface area (Å²) in [6, 6.07) is 0.145. The SMILES string of the molecule is CC1CCC2N(C1)CC(C)[NH+]2CC(=O)C1CCC(I)C([NH+]([O-])O)C1. The highest BCUT2D eigenvalue weighted by Gasteiger charge is 2.45. The highest BCUT2D eigenvalue weighted by Crippen LogP contribution is 2.29. The lowest BCUT2D eigenvalue weighted by molar-refractivity contribution is -1.07. The van der Waals surface area contributed by atoms with Crippen LogP contribution in [0, 0.1) is 17.0 Å². The van der Waals surface area contributed by atoms with Crippen LogP contribution >= 0.6 is 22.6 Å². The van der Waals surface area contributed by atoms with Crippen molar-refractivity contribution in [3.05, 3.63) is 5.21 Å². The lowest BCUT2D eigenvalue weighted by Crippen LogP contribution is -3.18. The normalized spacial score (nSPS) is 45.0. The largest absolute Gasteiger partial charge is 0.600 e. The number of nitrogens with one attached hydrogen (secondary N) is 2. The maximum Gasteiger partial charge on any atom is 0.190 e. The van der Waals surface area contributed by atoms with Gasteiger partial charge >= 0.3 is 0 Å². The van der Waals surface area contributed by atoms with E-state index in [-0.39, 0.29) is 15.9 Å². The topological polar surface area (TPSA) is 72.5 Å². The lowest BCUT2D eigenvalue weighted by atomic mass is 9.83. The maximum absolute atomic E-state index is 12.9. The number of ketones is 1. The summed E-state index contributed by atoms with van der Waals surface area (Å²) in [5.41, 5.74) is 0. The zero-order valence-electron chi connectivity index (χ0n) is 14.7. The van der Waals surface area contributed by atoms with Gasteiger partial charge in [-0.1, -0.05) is 29.5 Å². The Hall–Kier alpha value is 0.200. The van der Waals surface area contributed by atoms with Crippen molar-refractivity contribution in [2.24, 2.45) is 11.8 Å². The van der Waals surface area contributed by atoms with E-state index in [9.17, 15) is 15.2 Å². The number of alkyl halides is 1. The van der Waals surface area contributed by atoms with E-state index in [1.54, 1.807) is 0 Å². The second-order valence-corrected chi connectivity index (χ2v) is 9.84. The zero-order chi connectivity index (χ0) is 17.4. The van der Waals surface area contributed by atoms with E-state index in [2.05, 4.69) is 41.3 Å². The molecule has 8 unspecified atom stereocenters. The number of Topliss-reactive ketones (excluding diaryl/α,β-unsaturated/α-hetero) is 1. The lowest BCUT2D eigenvalue weighted by Gasteiger charge is -2.37. The van der Waals surface area contributed by atoms with Gasteiger partial charge in [-0.2, -0.15) is 0 Å². The number of halogens is 1. The van der Waals surface area contributed by atoms with E-state index < -0.39 is 5.23 Å². The van der Waals surface area contributed by atoms with Gasteiger partial charge in [0.1, 0.15) is 18.8 Å². The van der Waals surface area contributed by atoms with Crippen molar-refractivity contribution in [1.29, 1.82) is 0 Å². The molecule has 2 heterocycles. The Morgan fingerprint density at radius 1 is 1.29 bits per heavy atom. The smallest absolute Gasteiger partial charge is 0.190 e. The fourth-order valence-electron chi connectivity index (χ4n) is 4.98. The van der Waals surface area contributed by atoms with Gasteiger partial charge in [0.15, 0.2) is 5.78 Å². The summed E-state index contributed by atoms with van der Waals surface area (Å²) < 4.78 is 0.164. The monoisotopic (exact) mass is 452 g/mol. The molecule has 3 N–H and O–H groups in total. The van der Waals surface area contributed by atoms with Crippen LogP contribution in [0.15, 0.2) is 0 Å². The summed E-state index contributed by atoms with van der Waals surface area (Å²) in [6.07, 6.45) is 5.19. The molecule has 0 aromatic rings. The van der Waals surface area contributed by atoms with E-state index >= 15 is 0 Å². The number of quaternary nitrogens is 2. The van der Waals surface area contributed by atoms with Crippen molar-refractivity contribution in [3.8, 4) is 0 Å². The first kappa shape index (κ1) is 19.0. The van der Waals surface area contributed by atoms with E-state index in [0.29, 0.717) is 31.0 Å². The Balaban J connectivity index is 1.60. The van der Waals surface area contributed by atoms with Crippen LogP contribution in [0.1, 0.15) is 46.0 Å². The average molecular weight is 452 g/mol. The number of hydrogen-bond donors (Lipinski definition) is 3. The van der Waals surface area contributed by atoms with Crippen LogP contribution in [0.3, 0.4) is 0 Å². The summed E-state index contributed by atoms with van der Waals surface area (Å²) in [7, 11) is 0. The third-order valence-corrected chi connectivity index (χ3v) is 7.90. The van der Waals surface area contributed by atoms with Crippen molar-refractivity contribution in [2.45, 2.75) is 68.1 Å². The van der Waals surface area contributed by atoms with Gasteiger partial charge in [-0.25, -0.2) is 15.3 Å². The summed E-state index contributed by atoms with van der Waals surface area (Å²) >= 11 is 2.24. The maximum atomic E-state index is 12.9. The summed E-state index contributed by atoms with van der Waals surface area (Å²) in [5.74, 6) is 1.01. The van der Waals surface area contributed by atoms with Gasteiger partial charge in [-0.15, -0.1) is 0 Å². The molecule has 0 spiro atoms. The zero-order valence-corrected chi connectivity index (χ0v) is 16.9. The highest BCUT2D eigenvalue weighted by atomic mass is 127. The average Bonchev–Trinajstić information content (AvgIpc) is 2.82. The van der Waals surface area contributed by atoms with Gasteiger partial charge < -0.3 is 10.1 Å². The van der Waals surface area contributed by atoms with Crippen molar-refractivity contribution in [2.75, 3.05) is 19.6 Å². The van der Waals surface area contributed by atoms with Crippen LogP contribution in [0.5, 0.6) is 0 Å². The van der Waals surface area contributed by atoms with Crippen molar-refractivity contribution >= 4 is 28.4 Å². The number of carbonyl (C=O) groups excluding carboxylic acids is 1. The predicted molar refractivity (Wildman–Crippen MR) is 99.1 cm³/mol. The summed E-state index contributed by atoms with van der Waals surface area (Å²) in [4.78, 5) is 16.9. The van der Waals surface area contributed by atoms with Crippen molar-refractivity contribution < 1.29 is 20.1 Å². The molecule has 0 bridgehead atoms. The summed E-state index contributed by atoms with van der Waals surface area (Å²) in [5, 5.41) is 20.1. The van der Waals surface area contributed by atoms with Crippen LogP contribution in [-0.2, 0) is 4.79 Å². The molecule has 6 nitrogen and oxygen atoms in total. The molecule has 3 aliphatic rings. The fourth-order valence-corrected chi connectivity index (χ4v) is 5.94. The second kappa shape index (κ2) is 7.84. The molecular weight excluding hydrogens is 421 g/mol. The number of carbonyl (C=O) groups is 1. The Morgan fingerprint density at radius 3 is 2.75 bits per heavy atom. The molecule has 2 aliphatic heterocycles. The van der Waals surface area contributed by atoms with Gasteiger partial charge in [0, 0.05) is 25.3 Å².